The average Bonchev–Trinajstić information content (AvgIpc) is 2.47. The number of rotatable bonds is 5. The van der Waals surface area contributed by atoms with Gasteiger partial charge in [0.15, 0.2) is 0 Å². The molecule has 1 unspecified atom stereocenters. The number of aliphatic hydroxyl groups excluding tert-OH is 1. The van der Waals surface area contributed by atoms with Crippen LogP contribution in [0.5, 0.6) is 0 Å². The molecule has 0 aliphatic rings. The molecular formula is C15H15N3O. The van der Waals surface area contributed by atoms with E-state index in [1.54, 1.807) is 12.1 Å². The lowest BCUT2D eigenvalue weighted by Gasteiger charge is -2.12. The van der Waals surface area contributed by atoms with Gasteiger partial charge >= 0.3 is 0 Å². The van der Waals surface area contributed by atoms with Crippen LogP contribution < -0.4 is 5.32 Å². The topological polar surface area (TPSA) is 68.9 Å². The first kappa shape index (κ1) is 13.1. The third-order valence-corrected chi connectivity index (χ3v) is 2.73. The fourth-order valence-electron chi connectivity index (χ4n) is 1.75. The van der Waals surface area contributed by atoms with Crippen molar-refractivity contribution in [2.24, 2.45) is 0 Å². The van der Waals surface area contributed by atoms with Gasteiger partial charge in [-0.1, -0.05) is 30.3 Å². The molecule has 4 heteroatoms. The summed E-state index contributed by atoms with van der Waals surface area (Å²) < 4.78 is 0. The maximum atomic E-state index is 9.92. The highest BCUT2D eigenvalue weighted by atomic mass is 16.3. The second kappa shape index (κ2) is 6.53. The molecule has 0 aliphatic carbocycles. The molecule has 19 heavy (non-hydrogen) atoms. The van der Waals surface area contributed by atoms with Crippen LogP contribution in [-0.2, 0) is 6.42 Å². The smallest absolute Gasteiger partial charge is 0.126 e. The van der Waals surface area contributed by atoms with E-state index in [0.29, 0.717) is 24.3 Å². The molecule has 1 aromatic heterocycles. The zero-order chi connectivity index (χ0) is 13.5. The number of aliphatic hydroxyl groups is 1. The number of nitriles is 1. The number of nitrogens with zero attached hydrogens (tertiary/aromatic N) is 2. The van der Waals surface area contributed by atoms with Crippen LogP contribution in [0.2, 0.25) is 0 Å². The predicted octanol–water partition coefficient (Wildman–Crippen LogP) is 1.97. The van der Waals surface area contributed by atoms with Gasteiger partial charge in [0.25, 0.3) is 0 Å². The number of nitrogens with one attached hydrogen (secondary N) is 1. The van der Waals surface area contributed by atoms with Crippen molar-refractivity contribution < 1.29 is 5.11 Å². The van der Waals surface area contributed by atoms with Crippen molar-refractivity contribution in [2.75, 3.05) is 11.9 Å². The maximum Gasteiger partial charge on any atom is 0.126 e. The van der Waals surface area contributed by atoms with Crippen molar-refractivity contribution in [3.05, 3.63) is 59.8 Å². The van der Waals surface area contributed by atoms with Crippen LogP contribution in [0.15, 0.2) is 48.7 Å². The summed E-state index contributed by atoms with van der Waals surface area (Å²) in [4.78, 5) is 4.08. The Labute approximate surface area is 112 Å². The minimum atomic E-state index is -0.472. The summed E-state index contributed by atoms with van der Waals surface area (Å²) in [7, 11) is 0. The highest BCUT2D eigenvalue weighted by Gasteiger charge is 2.05. The molecule has 0 spiro atoms. The van der Waals surface area contributed by atoms with E-state index in [4.69, 9.17) is 5.26 Å². The fourth-order valence-corrected chi connectivity index (χ4v) is 1.75. The van der Waals surface area contributed by atoms with Gasteiger partial charge in [-0.3, -0.25) is 0 Å². The van der Waals surface area contributed by atoms with Gasteiger partial charge < -0.3 is 10.4 Å². The van der Waals surface area contributed by atoms with Gasteiger partial charge in [-0.25, -0.2) is 4.98 Å². The Morgan fingerprint density at radius 3 is 2.63 bits per heavy atom. The summed E-state index contributed by atoms with van der Waals surface area (Å²) in [6.45, 7) is 0.424. The highest BCUT2D eigenvalue weighted by molar-refractivity contribution is 5.39. The normalized spacial score (nSPS) is 11.6. The lowest BCUT2D eigenvalue weighted by atomic mass is 10.1. The Hall–Kier alpha value is -2.38. The number of pyridine rings is 1. The van der Waals surface area contributed by atoms with Crippen LogP contribution in [0.25, 0.3) is 0 Å². The number of aromatic nitrogens is 1. The third kappa shape index (κ3) is 4.09. The molecule has 0 saturated heterocycles. The maximum absolute atomic E-state index is 9.92. The van der Waals surface area contributed by atoms with Crippen LogP contribution in [0.1, 0.15) is 11.1 Å². The molecule has 0 fully saturated rings. The Morgan fingerprint density at radius 1 is 1.21 bits per heavy atom. The molecule has 0 aliphatic heterocycles. The second-order valence-electron chi connectivity index (χ2n) is 4.27. The summed E-state index contributed by atoms with van der Waals surface area (Å²) in [5.41, 5.74) is 1.62. The number of hydrogen-bond acceptors (Lipinski definition) is 4. The average molecular weight is 253 g/mol. The van der Waals surface area contributed by atoms with Crippen LogP contribution in [0, 0.1) is 11.3 Å². The lowest BCUT2D eigenvalue weighted by Crippen LogP contribution is -2.22. The van der Waals surface area contributed by atoms with Crippen molar-refractivity contribution in [3.8, 4) is 6.07 Å². The molecule has 0 saturated carbocycles. The van der Waals surface area contributed by atoms with Gasteiger partial charge in [0, 0.05) is 19.2 Å². The van der Waals surface area contributed by atoms with Gasteiger partial charge in [0.1, 0.15) is 11.9 Å². The van der Waals surface area contributed by atoms with Gasteiger partial charge in [-0.05, 0) is 17.7 Å². The molecule has 2 N–H and O–H groups in total. The van der Waals surface area contributed by atoms with E-state index in [1.165, 1.54) is 6.20 Å². The monoisotopic (exact) mass is 253 g/mol. The summed E-state index contributed by atoms with van der Waals surface area (Å²) in [6.07, 6.45) is 1.63. The molecule has 1 atom stereocenters. The fraction of sp³-hybridized carbons (Fsp3) is 0.200. The SMILES string of the molecule is N#Cc1ccc(NCC(O)Cc2ccccc2)nc1. The van der Waals surface area contributed by atoms with Crippen molar-refractivity contribution in [3.63, 3.8) is 0 Å². The van der Waals surface area contributed by atoms with Crippen LogP contribution >= 0.6 is 0 Å². The Balaban J connectivity index is 1.83. The second-order valence-corrected chi connectivity index (χ2v) is 4.27. The summed E-state index contributed by atoms with van der Waals surface area (Å²) >= 11 is 0. The first-order valence-corrected chi connectivity index (χ1v) is 6.10. The summed E-state index contributed by atoms with van der Waals surface area (Å²) in [5, 5.41) is 21.6. The highest BCUT2D eigenvalue weighted by Crippen LogP contribution is 2.06. The van der Waals surface area contributed by atoms with Crippen molar-refractivity contribution >= 4 is 5.82 Å². The van der Waals surface area contributed by atoms with E-state index in [9.17, 15) is 5.11 Å². The molecule has 2 aromatic rings. The van der Waals surface area contributed by atoms with E-state index < -0.39 is 6.10 Å². The van der Waals surface area contributed by atoms with E-state index in [-0.39, 0.29) is 0 Å². The first-order valence-electron chi connectivity index (χ1n) is 6.10. The van der Waals surface area contributed by atoms with Crippen LogP contribution in [0.4, 0.5) is 5.82 Å². The van der Waals surface area contributed by atoms with Gasteiger partial charge in [0.05, 0.1) is 11.7 Å². The standard InChI is InChI=1S/C15H15N3O/c16-9-13-6-7-15(17-10-13)18-11-14(19)8-12-4-2-1-3-5-12/h1-7,10,14,19H,8,11H2,(H,17,18). The number of hydrogen-bond donors (Lipinski definition) is 2. The minimum absolute atomic E-state index is 0.424. The van der Waals surface area contributed by atoms with Crippen LogP contribution in [-0.4, -0.2) is 22.7 Å². The summed E-state index contributed by atoms with van der Waals surface area (Å²) in [6, 6.07) is 15.3. The van der Waals surface area contributed by atoms with Gasteiger partial charge in [0.2, 0.25) is 0 Å². The van der Waals surface area contributed by atoms with Crippen molar-refractivity contribution in [1.82, 2.24) is 4.98 Å². The van der Waals surface area contributed by atoms with Crippen molar-refractivity contribution in [2.45, 2.75) is 12.5 Å². The number of anilines is 1. The third-order valence-electron chi connectivity index (χ3n) is 2.73. The molecule has 96 valence electrons. The Morgan fingerprint density at radius 2 is 2.00 bits per heavy atom. The quantitative estimate of drug-likeness (QED) is 0.854. The van der Waals surface area contributed by atoms with Crippen molar-refractivity contribution in [1.29, 1.82) is 5.26 Å². The lowest BCUT2D eigenvalue weighted by molar-refractivity contribution is 0.188. The summed E-state index contributed by atoms with van der Waals surface area (Å²) in [5.74, 6) is 0.658. The van der Waals surface area contributed by atoms with Gasteiger partial charge in [-0.15, -0.1) is 0 Å². The van der Waals surface area contributed by atoms with E-state index in [0.717, 1.165) is 5.56 Å². The predicted molar refractivity (Wildman–Crippen MR) is 73.6 cm³/mol. The van der Waals surface area contributed by atoms with E-state index >= 15 is 0 Å². The van der Waals surface area contributed by atoms with Gasteiger partial charge in [-0.2, -0.15) is 5.26 Å². The minimum Gasteiger partial charge on any atom is -0.391 e. The molecule has 2 rings (SSSR count). The zero-order valence-electron chi connectivity index (χ0n) is 10.5. The molecule has 0 amide bonds. The molecule has 4 nitrogen and oxygen atoms in total. The molecule has 1 heterocycles. The van der Waals surface area contributed by atoms with E-state index in [1.807, 2.05) is 36.4 Å². The zero-order valence-corrected chi connectivity index (χ0v) is 10.5. The molecular weight excluding hydrogens is 238 g/mol. The first-order chi connectivity index (χ1) is 9.28. The largest absolute Gasteiger partial charge is 0.391 e. The molecule has 0 bridgehead atoms. The van der Waals surface area contributed by atoms with E-state index in [2.05, 4.69) is 10.3 Å². The molecule has 1 aromatic carbocycles. The molecule has 0 radical (unpaired) electrons. The Kier molecular flexibility index (Phi) is 4.49. The Bertz CT molecular complexity index is 546. The number of benzene rings is 1. The van der Waals surface area contributed by atoms with Crippen LogP contribution in [0.3, 0.4) is 0 Å².